The number of hydrogen-bond donors (Lipinski definition) is 1. The maximum absolute atomic E-state index is 11.7. The van der Waals surface area contributed by atoms with Gasteiger partial charge in [-0.2, -0.15) is 0 Å². The number of ether oxygens (including phenoxy) is 3. The van der Waals surface area contributed by atoms with Crippen LogP contribution in [0.3, 0.4) is 0 Å². The van der Waals surface area contributed by atoms with E-state index in [9.17, 15) is 9.90 Å². The predicted octanol–water partition coefficient (Wildman–Crippen LogP) is 6.50. The first-order chi connectivity index (χ1) is 23.2. The number of fused-ring (bicyclic) bond motifs is 1. The number of likely N-dealkylation sites (tertiary alicyclic amines) is 1. The van der Waals surface area contributed by atoms with Crippen LogP contribution in [-0.4, -0.2) is 99.7 Å². The molecule has 1 N–H and O–H groups in total. The number of anilines is 1. The molecule has 1 aliphatic carbocycles. The first-order valence-electron chi connectivity index (χ1n) is 17.9. The minimum atomic E-state index is -0.560. The second kappa shape index (κ2) is 17.3. The van der Waals surface area contributed by atoms with Gasteiger partial charge in [0.15, 0.2) is 0 Å². The van der Waals surface area contributed by atoms with Gasteiger partial charge in [-0.15, -0.1) is 0 Å². The first kappa shape index (κ1) is 36.7. The number of aryl methyl sites for hydroxylation is 1. The number of carbonyl (C=O) groups excluding carboxylic acids is 1. The van der Waals surface area contributed by atoms with Crippen molar-refractivity contribution < 1.29 is 24.1 Å². The maximum Gasteiger partial charge on any atom is 0.219 e. The van der Waals surface area contributed by atoms with Crippen molar-refractivity contribution in [3.05, 3.63) is 70.3 Å². The lowest BCUT2D eigenvalue weighted by molar-refractivity contribution is -0.127. The Kier molecular flexibility index (Phi) is 13.2. The van der Waals surface area contributed by atoms with Crippen molar-refractivity contribution >= 4 is 23.2 Å². The van der Waals surface area contributed by atoms with Crippen LogP contribution in [0.1, 0.15) is 75.2 Å². The molecular formula is C39H56ClN3O5. The number of aliphatic hydroxyl groups is 1. The van der Waals surface area contributed by atoms with Gasteiger partial charge < -0.3 is 29.1 Å². The summed E-state index contributed by atoms with van der Waals surface area (Å²) in [4.78, 5) is 18.4. The van der Waals surface area contributed by atoms with Crippen LogP contribution < -0.4 is 9.64 Å². The molecule has 9 heteroatoms. The van der Waals surface area contributed by atoms with Crippen molar-refractivity contribution in [1.29, 1.82) is 0 Å². The lowest BCUT2D eigenvalue weighted by Crippen LogP contribution is -2.53. The quantitative estimate of drug-likeness (QED) is 0.203. The zero-order chi connectivity index (χ0) is 34.2. The minimum absolute atomic E-state index is 0.0144. The summed E-state index contributed by atoms with van der Waals surface area (Å²) >= 11 is 6.46. The summed E-state index contributed by atoms with van der Waals surface area (Å²) in [6.45, 7) is 12.1. The summed E-state index contributed by atoms with van der Waals surface area (Å²) in [5.74, 6) is 1.98. The number of methoxy groups -OCH3 is 1. The number of rotatable bonds is 16. The molecule has 2 aromatic rings. The molecule has 5 unspecified atom stereocenters. The molecule has 2 aromatic carbocycles. The molecule has 1 saturated heterocycles. The molecule has 1 saturated carbocycles. The molecule has 264 valence electrons. The van der Waals surface area contributed by atoms with E-state index in [0.717, 1.165) is 86.9 Å². The Hall–Kier alpha value is -2.62. The predicted molar refractivity (Wildman–Crippen MR) is 193 cm³/mol. The average Bonchev–Trinajstić information content (AvgIpc) is 3.21. The van der Waals surface area contributed by atoms with Crippen LogP contribution in [0, 0.1) is 11.8 Å². The largest absolute Gasteiger partial charge is 0.491 e. The van der Waals surface area contributed by atoms with Gasteiger partial charge in [0.2, 0.25) is 5.91 Å². The molecule has 3 aliphatic rings. The molecule has 0 bridgehead atoms. The van der Waals surface area contributed by atoms with Gasteiger partial charge in [0.25, 0.3) is 0 Å². The Balaban J connectivity index is 1.35. The Labute approximate surface area is 293 Å². The standard InChI is InChI=1S/C39H56ClN3O5/c1-6-9-30-20-33(40)13-15-35(30)32-23-43(37-21-29(27(2)44)12-16-39(37)48-26-32)22-31-11-14-36(31)38(10-7-8-17-41(4)28(3)45)47-19-18-42-24-34(25-42)46-5/h7,10,12-13,15-16,20-21,27,31-32,34,36,38,44H,6,8-9,11,14,17-19,22-26H2,1-5H3/b10-7+. The highest BCUT2D eigenvalue weighted by Gasteiger charge is 2.39. The van der Waals surface area contributed by atoms with E-state index in [-0.39, 0.29) is 17.9 Å². The third-order valence-corrected chi connectivity index (χ3v) is 10.8. The highest BCUT2D eigenvalue weighted by atomic mass is 35.5. The van der Waals surface area contributed by atoms with Gasteiger partial charge in [-0.25, -0.2) is 0 Å². The monoisotopic (exact) mass is 681 g/mol. The summed E-state index contributed by atoms with van der Waals surface area (Å²) in [5.41, 5.74) is 4.55. The highest BCUT2D eigenvalue weighted by molar-refractivity contribution is 6.30. The number of halogens is 1. The first-order valence-corrected chi connectivity index (χ1v) is 18.3. The summed E-state index contributed by atoms with van der Waals surface area (Å²) in [6, 6.07) is 12.4. The van der Waals surface area contributed by atoms with E-state index >= 15 is 0 Å². The zero-order valence-electron chi connectivity index (χ0n) is 29.6. The van der Waals surface area contributed by atoms with Gasteiger partial charge >= 0.3 is 0 Å². The van der Waals surface area contributed by atoms with Crippen molar-refractivity contribution in [3.8, 4) is 5.75 Å². The molecule has 48 heavy (non-hydrogen) atoms. The topological polar surface area (TPSA) is 74.7 Å². The van der Waals surface area contributed by atoms with Crippen molar-refractivity contribution in [2.75, 3.05) is 71.5 Å². The van der Waals surface area contributed by atoms with Crippen molar-refractivity contribution in [3.63, 3.8) is 0 Å². The number of amides is 1. The van der Waals surface area contributed by atoms with E-state index in [1.807, 2.05) is 32.2 Å². The number of nitrogens with zero attached hydrogens (tertiary/aromatic N) is 3. The smallest absolute Gasteiger partial charge is 0.219 e. The second-order valence-corrected chi connectivity index (χ2v) is 14.5. The van der Waals surface area contributed by atoms with Crippen LogP contribution in [0.15, 0.2) is 48.6 Å². The molecule has 8 nitrogen and oxygen atoms in total. The highest BCUT2D eigenvalue weighted by Crippen LogP contribution is 2.43. The van der Waals surface area contributed by atoms with Crippen LogP contribution in [0.4, 0.5) is 5.69 Å². The molecule has 2 heterocycles. The molecule has 5 rings (SSSR count). The van der Waals surface area contributed by atoms with E-state index in [1.165, 1.54) is 11.1 Å². The molecule has 0 aromatic heterocycles. The Morgan fingerprint density at radius 3 is 2.69 bits per heavy atom. The Morgan fingerprint density at radius 1 is 1.19 bits per heavy atom. The van der Waals surface area contributed by atoms with Crippen molar-refractivity contribution in [2.45, 2.75) is 77.1 Å². The third-order valence-electron chi connectivity index (χ3n) is 10.6. The summed E-state index contributed by atoms with van der Waals surface area (Å²) < 4.78 is 18.6. The molecule has 2 fully saturated rings. The van der Waals surface area contributed by atoms with Gasteiger partial charge in [-0.1, -0.05) is 49.2 Å². The maximum atomic E-state index is 11.7. The number of carbonyl (C=O) groups is 1. The van der Waals surface area contributed by atoms with E-state index in [4.69, 9.17) is 25.8 Å². The normalized spacial score (nSPS) is 22.7. The van der Waals surface area contributed by atoms with E-state index < -0.39 is 6.10 Å². The summed E-state index contributed by atoms with van der Waals surface area (Å²) in [5, 5.41) is 11.3. The molecule has 1 amide bonds. The van der Waals surface area contributed by atoms with Crippen LogP contribution >= 0.6 is 11.6 Å². The van der Waals surface area contributed by atoms with Crippen LogP contribution in [-0.2, 0) is 20.7 Å². The molecule has 0 radical (unpaired) electrons. The van der Waals surface area contributed by atoms with E-state index in [0.29, 0.717) is 37.7 Å². The minimum Gasteiger partial charge on any atom is -0.491 e. The summed E-state index contributed by atoms with van der Waals surface area (Å²) in [6.07, 6.45) is 9.33. The van der Waals surface area contributed by atoms with Gasteiger partial charge in [0.05, 0.1) is 37.2 Å². The van der Waals surface area contributed by atoms with Gasteiger partial charge in [-0.05, 0) is 85.4 Å². The molecule has 2 aliphatic heterocycles. The molecule has 0 spiro atoms. The zero-order valence-corrected chi connectivity index (χ0v) is 30.3. The number of hydrogen-bond acceptors (Lipinski definition) is 7. The fourth-order valence-corrected chi connectivity index (χ4v) is 7.47. The van der Waals surface area contributed by atoms with Gasteiger partial charge in [-0.3, -0.25) is 9.69 Å². The summed E-state index contributed by atoms with van der Waals surface area (Å²) in [7, 11) is 3.63. The van der Waals surface area contributed by atoms with Crippen LogP contribution in [0.2, 0.25) is 5.02 Å². The lowest BCUT2D eigenvalue weighted by atomic mass is 9.70. The van der Waals surface area contributed by atoms with E-state index in [2.05, 4.69) is 47.1 Å². The fraction of sp³-hybridized carbons (Fsp3) is 0.615. The average molecular weight is 682 g/mol. The third kappa shape index (κ3) is 9.33. The number of aliphatic hydroxyl groups excluding tert-OH is 1. The number of benzene rings is 2. The van der Waals surface area contributed by atoms with Crippen molar-refractivity contribution in [1.82, 2.24) is 9.80 Å². The SMILES string of the molecule is CCCc1cc(Cl)ccc1C1COc2ccc(C(C)O)cc2N(CC2CCC2C(/C=C/CCN(C)C(C)=O)OCCN2CC(OC)C2)C1. The van der Waals surface area contributed by atoms with E-state index in [1.54, 1.807) is 18.9 Å². The van der Waals surface area contributed by atoms with Crippen LogP contribution in [0.5, 0.6) is 5.75 Å². The Morgan fingerprint density at radius 2 is 2.00 bits per heavy atom. The van der Waals surface area contributed by atoms with Crippen LogP contribution in [0.25, 0.3) is 0 Å². The fourth-order valence-electron chi connectivity index (χ4n) is 7.28. The molecular weight excluding hydrogens is 626 g/mol. The second-order valence-electron chi connectivity index (χ2n) is 14.0. The molecule has 5 atom stereocenters. The Bertz CT molecular complexity index is 1380. The van der Waals surface area contributed by atoms with Gasteiger partial charge in [0, 0.05) is 71.3 Å². The van der Waals surface area contributed by atoms with Crippen molar-refractivity contribution in [2.24, 2.45) is 11.8 Å². The lowest BCUT2D eigenvalue weighted by Gasteiger charge is -2.44. The van der Waals surface area contributed by atoms with Gasteiger partial charge in [0.1, 0.15) is 5.75 Å².